The molecule has 0 saturated carbocycles. The first-order valence-electron chi connectivity index (χ1n) is 31.5. The summed E-state index contributed by atoms with van der Waals surface area (Å²) >= 11 is 0. The second-order valence-corrected chi connectivity index (χ2v) is 24.2. The molecule has 2 atom stereocenters. The lowest BCUT2D eigenvalue weighted by atomic mass is 10.0. The van der Waals surface area contributed by atoms with Gasteiger partial charge in [-0.2, -0.15) is 0 Å². The molecule has 10 heteroatoms. The van der Waals surface area contributed by atoms with Gasteiger partial charge in [0.2, 0.25) is 0 Å². The molecule has 0 fully saturated rings. The maximum atomic E-state index is 12.8. The highest BCUT2D eigenvalue weighted by atomic mass is 31.2. The zero-order valence-electron chi connectivity index (χ0n) is 49.1. The molecule has 0 heterocycles. The van der Waals surface area contributed by atoms with E-state index in [-0.39, 0.29) is 32.0 Å². The van der Waals surface area contributed by atoms with Crippen LogP contribution in [-0.4, -0.2) is 70.0 Å². The summed E-state index contributed by atoms with van der Waals surface area (Å²) in [6.07, 6.45) is 66.9. The number of unbranched alkanes of at least 4 members (excludes halogenated alkanes) is 41. The van der Waals surface area contributed by atoms with Crippen molar-refractivity contribution >= 4 is 19.8 Å². The molecule has 0 amide bonds. The van der Waals surface area contributed by atoms with E-state index in [1.54, 1.807) is 0 Å². The standard InChI is InChI=1S/C63H122NO8P/c1-6-8-10-12-14-16-18-20-22-23-24-25-26-27-28-29-30-31-32-33-34-35-36-37-38-39-40-41-42-44-46-48-50-52-54-56-63(66)72-61(60-71-73(67,68)70-58-57-64(3,4)5)59-69-62(65)55-53-51-49-47-45-43-21-19-17-15-13-11-9-7-2/h19,21,23-24,61H,6-18,20,22,25-60H2,1-5H3/b21-19-,24-23-. The van der Waals surface area contributed by atoms with Gasteiger partial charge in [0.15, 0.2) is 6.10 Å². The van der Waals surface area contributed by atoms with Crippen LogP contribution >= 0.6 is 7.82 Å². The van der Waals surface area contributed by atoms with Gasteiger partial charge in [0.05, 0.1) is 27.7 Å². The quantitative estimate of drug-likeness (QED) is 0.0195. The summed E-state index contributed by atoms with van der Waals surface area (Å²) < 4.78 is 34.1. The molecule has 0 rings (SSSR count). The van der Waals surface area contributed by atoms with Crippen molar-refractivity contribution in [1.82, 2.24) is 0 Å². The molecule has 0 N–H and O–H groups in total. The van der Waals surface area contributed by atoms with Crippen molar-refractivity contribution in [2.24, 2.45) is 0 Å². The highest BCUT2D eigenvalue weighted by molar-refractivity contribution is 7.45. The summed E-state index contributed by atoms with van der Waals surface area (Å²) in [5.41, 5.74) is 0. The van der Waals surface area contributed by atoms with Gasteiger partial charge in [-0.05, 0) is 64.2 Å². The number of allylic oxidation sites excluding steroid dienone is 4. The minimum Gasteiger partial charge on any atom is -0.756 e. The molecule has 0 saturated heterocycles. The van der Waals surface area contributed by atoms with Gasteiger partial charge in [0, 0.05) is 12.8 Å². The molecule has 0 aromatic heterocycles. The Balaban J connectivity index is 3.93. The smallest absolute Gasteiger partial charge is 0.306 e. The molecular formula is C63H122NO8P. The maximum Gasteiger partial charge on any atom is 0.306 e. The fraction of sp³-hybridized carbons (Fsp3) is 0.905. The summed E-state index contributed by atoms with van der Waals surface area (Å²) in [6, 6.07) is 0. The Morgan fingerprint density at radius 2 is 0.699 bits per heavy atom. The molecule has 432 valence electrons. The predicted octanol–water partition coefficient (Wildman–Crippen LogP) is 19.1. The van der Waals surface area contributed by atoms with Gasteiger partial charge in [-0.1, -0.05) is 263 Å². The normalized spacial score (nSPS) is 13.3. The molecule has 0 spiro atoms. The predicted molar refractivity (Wildman–Crippen MR) is 310 cm³/mol. The lowest BCUT2D eigenvalue weighted by molar-refractivity contribution is -0.870. The summed E-state index contributed by atoms with van der Waals surface area (Å²) in [5.74, 6) is -0.828. The van der Waals surface area contributed by atoms with Crippen LogP contribution in [0.25, 0.3) is 0 Å². The first-order valence-corrected chi connectivity index (χ1v) is 33.0. The number of hydrogen-bond donors (Lipinski definition) is 0. The lowest BCUT2D eigenvalue weighted by Gasteiger charge is -2.28. The fourth-order valence-corrected chi connectivity index (χ4v) is 10.0. The van der Waals surface area contributed by atoms with Gasteiger partial charge in [0.1, 0.15) is 19.8 Å². The van der Waals surface area contributed by atoms with E-state index in [0.717, 1.165) is 51.4 Å². The summed E-state index contributed by atoms with van der Waals surface area (Å²) in [4.78, 5) is 37.8. The van der Waals surface area contributed by atoms with E-state index in [0.29, 0.717) is 17.4 Å². The molecule has 0 bridgehead atoms. The third-order valence-corrected chi connectivity index (χ3v) is 15.2. The second kappa shape index (κ2) is 55.3. The van der Waals surface area contributed by atoms with Crippen molar-refractivity contribution in [3.05, 3.63) is 24.3 Å². The summed E-state index contributed by atoms with van der Waals surface area (Å²) in [5, 5.41) is 0. The second-order valence-electron chi connectivity index (χ2n) is 22.8. The number of phosphoric acid groups is 1. The molecule has 0 aliphatic carbocycles. The van der Waals surface area contributed by atoms with E-state index in [9.17, 15) is 19.0 Å². The first-order chi connectivity index (χ1) is 35.5. The van der Waals surface area contributed by atoms with Crippen LogP contribution in [0.15, 0.2) is 24.3 Å². The number of carbonyl (C=O) groups is 2. The van der Waals surface area contributed by atoms with Crippen molar-refractivity contribution < 1.29 is 42.1 Å². The van der Waals surface area contributed by atoms with Gasteiger partial charge < -0.3 is 27.9 Å². The Kier molecular flexibility index (Phi) is 54.1. The average molecular weight is 1050 g/mol. The van der Waals surface area contributed by atoms with Crippen molar-refractivity contribution in [2.75, 3.05) is 47.5 Å². The van der Waals surface area contributed by atoms with E-state index in [2.05, 4.69) is 38.2 Å². The minimum atomic E-state index is -4.63. The fourth-order valence-electron chi connectivity index (χ4n) is 9.30. The van der Waals surface area contributed by atoms with Crippen molar-refractivity contribution in [2.45, 2.75) is 322 Å². The lowest BCUT2D eigenvalue weighted by Crippen LogP contribution is -2.37. The minimum absolute atomic E-state index is 0.0293. The average Bonchev–Trinajstić information content (AvgIpc) is 3.35. The van der Waals surface area contributed by atoms with E-state index in [1.165, 1.54) is 231 Å². The first kappa shape index (κ1) is 71.5. The highest BCUT2D eigenvalue weighted by Crippen LogP contribution is 2.38. The van der Waals surface area contributed by atoms with Gasteiger partial charge in [-0.25, -0.2) is 0 Å². The number of carbonyl (C=O) groups excluding carboxylic acids is 2. The molecule has 0 aromatic carbocycles. The van der Waals surface area contributed by atoms with Crippen LogP contribution < -0.4 is 4.89 Å². The molecule has 0 aromatic rings. The Bertz CT molecular complexity index is 1280. The molecule has 0 aliphatic heterocycles. The van der Waals surface area contributed by atoms with Crippen LogP contribution in [0.4, 0.5) is 0 Å². The van der Waals surface area contributed by atoms with Gasteiger partial charge in [-0.3, -0.25) is 14.2 Å². The number of esters is 2. The SMILES string of the molecule is CCCCCCC/C=C\CCCCCCCC(=O)OCC(COP(=O)([O-])OCC[N+](C)(C)C)OC(=O)CCCCCCCCCCCCCCCCCCCCCCCCC/C=C\CCCCCCCCCC. The Hall–Kier alpha value is -1.51. The number of nitrogens with zero attached hydrogens (tertiary/aromatic N) is 1. The Morgan fingerprint density at radius 1 is 0.411 bits per heavy atom. The number of ether oxygens (including phenoxy) is 2. The van der Waals surface area contributed by atoms with E-state index in [4.69, 9.17) is 18.5 Å². The van der Waals surface area contributed by atoms with Crippen LogP contribution in [0.5, 0.6) is 0 Å². The third-order valence-electron chi connectivity index (χ3n) is 14.2. The van der Waals surface area contributed by atoms with Crippen LogP contribution in [0, 0.1) is 0 Å². The summed E-state index contributed by atoms with van der Waals surface area (Å²) in [6.45, 7) is 4.26. The van der Waals surface area contributed by atoms with Crippen molar-refractivity contribution in [3.8, 4) is 0 Å². The van der Waals surface area contributed by atoms with Crippen LogP contribution in [-0.2, 0) is 32.7 Å². The van der Waals surface area contributed by atoms with Gasteiger partial charge in [0.25, 0.3) is 7.82 Å². The van der Waals surface area contributed by atoms with E-state index < -0.39 is 26.5 Å². The zero-order valence-corrected chi connectivity index (χ0v) is 50.0. The number of likely N-dealkylation sites (N-methyl/N-ethyl adjacent to an activating group) is 1. The molecule has 9 nitrogen and oxygen atoms in total. The zero-order chi connectivity index (χ0) is 53.5. The molecule has 0 aliphatic rings. The molecule has 73 heavy (non-hydrogen) atoms. The monoisotopic (exact) mass is 1050 g/mol. The molecule has 0 radical (unpaired) electrons. The number of hydrogen-bond acceptors (Lipinski definition) is 8. The topological polar surface area (TPSA) is 111 Å². The van der Waals surface area contributed by atoms with Gasteiger partial charge in [-0.15, -0.1) is 0 Å². The van der Waals surface area contributed by atoms with E-state index in [1.807, 2.05) is 21.1 Å². The number of phosphoric ester groups is 1. The van der Waals surface area contributed by atoms with Crippen LogP contribution in [0.3, 0.4) is 0 Å². The van der Waals surface area contributed by atoms with E-state index >= 15 is 0 Å². The molecular weight excluding hydrogens is 930 g/mol. The third kappa shape index (κ3) is 59.6. The van der Waals surface area contributed by atoms with Gasteiger partial charge >= 0.3 is 11.9 Å². The largest absolute Gasteiger partial charge is 0.756 e. The van der Waals surface area contributed by atoms with Crippen molar-refractivity contribution in [3.63, 3.8) is 0 Å². The number of quaternary nitrogens is 1. The molecule has 2 unspecified atom stereocenters. The van der Waals surface area contributed by atoms with Crippen LogP contribution in [0.2, 0.25) is 0 Å². The highest BCUT2D eigenvalue weighted by Gasteiger charge is 2.22. The van der Waals surface area contributed by atoms with Crippen molar-refractivity contribution in [1.29, 1.82) is 0 Å². The summed E-state index contributed by atoms with van der Waals surface area (Å²) in [7, 11) is 1.18. The Labute approximate surface area is 453 Å². The number of rotatable bonds is 59. The Morgan fingerprint density at radius 3 is 1.01 bits per heavy atom. The van der Waals surface area contributed by atoms with Crippen LogP contribution in [0.1, 0.15) is 316 Å². The maximum absolute atomic E-state index is 12.8.